The first-order valence-electron chi connectivity index (χ1n) is 6.63. The highest BCUT2D eigenvalue weighted by Gasteiger charge is 2.26. The van der Waals surface area contributed by atoms with Crippen molar-refractivity contribution < 1.29 is 0 Å². The van der Waals surface area contributed by atoms with E-state index in [9.17, 15) is 0 Å². The molecule has 2 N–H and O–H groups in total. The number of hydrogen-bond acceptors (Lipinski definition) is 2. The third kappa shape index (κ3) is 2.70. The highest BCUT2D eigenvalue weighted by molar-refractivity contribution is 5.32. The molecule has 1 aromatic carbocycles. The fourth-order valence-electron chi connectivity index (χ4n) is 2.81. The van der Waals surface area contributed by atoms with Gasteiger partial charge in [-0.3, -0.25) is 4.90 Å². The fourth-order valence-corrected chi connectivity index (χ4v) is 2.81. The van der Waals surface area contributed by atoms with E-state index in [1.165, 1.54) is 29.7 Å². The molecule has 1 heterocycles. The summed E-state index contributed by atoms with van der Waals surface area (Å²) in [6.07, 6.45) is 1.26. The molecular weight excluding hydrogens is 208 g/mol. The van der Waals surface area contributed by atoms with Crippen molar-refractivity contribution >= 4 is 0 Å². The summed E-state index contributed by atoms with van der Waals surface area (Å²) in [6.45, 7) is 9.88. The normalized spacial score (nSPS) is 22.9. The Balaban J connectivity index is 2.14. The van der Waals surface area contributed by atoms with E-state index in [-0.39, 0.29) is 0 Å². The summed E-state index contributed by atoms with van der Waals surface area (Å²) in [7, 11) is 0. The van der Waals surface area contributed by atoms with E-state index < -0.39 is 0 Å². The topological polar surface area (TPSA) is 29.3 Å². The Morgan fingerprint density at radius 3 is 2.82 bits per heavy atom. The van der Waals surface area contributed by atoms with Crippen LogP contribution in [0, 0.1) is 19.8 Å². The Bertz CT molecular complexity index is 387. The van der Waals surface area contributed by atoms with Crippen molar-refractivity contribution in [1.29, 1.82) is 0 Å². The summed E-state index contributed by atoms with van der Waals surface area (Å²) in [6, 6.07) is 7.28. The first-order chi connectivity index (χ1) is 8.11. The molecule has 0 amide bonds. The predicted octanol–water partition coefficient (Wildman–Crippen LogP) is 2.65. The molecule has 1 aliphatic rings. The smallest absolute Gasteiger partial charge is 0.0322 e. The molecule has 1 aromatic rings. The van der Waals surface area contributed by atoms with Gasteiger partial charge in [-0.15, -0.1) is 0 Å². The van der Waals surface area contributed by atoms with E-state index in [0.717, 1.165) is 13.1 Å². The minimum atomic E-state index is 0.520. The number of rotatable bonds is 3. The molecule has 0 bridgehead atoms. The molecular formula is C15H24N2. The average molecular weight is 232 g/mol. The molecule has 1 saturated heterocycles. The van der Waals surface area contributed by atoms with Gasteiger partial charge in [0, 0.05) is 12.6 Å². The third-order valence-corrected chi connectivity index (χ3v) is 4.08. The summed E-state index contributed by atoms with van der Waals surface area (Å²) in [4.78, 5) is 2.57. The van der Waals surface area contributed by atoms with Crippen LogP contribution in [0.3, 0.4) is 0 Å². The first-order valence-corrected chi connectivity index (χ1v) is 6.63. The summed E-state index contributed by atoms with van der Waals surface area (Å²) in [5.74, 6) is 0.697. The highest BCUT2D eigenvalue weighted by atomic mass is 15.2. The van der Waals surface area contributed by atoms with Gasteiger partial charge in [0.2, 0.25) is 0 Å². The van der Waals surface area contributed by atoms with Gasteiger partial charge >= 0.3 is 0 Å². The van der Waals surface area contributed by atoms with Crippen molar-refractivity contribution in [2.75, 3.05) is 19.6 Å². The lowest BCUT2D eigenvalue weighted by molar-refractivity contribution is 0.253. The number of likely N-dealkylation sites (tertiary alicyclic amines) is 1. The SMILES string of the molecule is Cc1ccc(C)c(C(C)N2CCC(CN)C2)c1. The van der Waals surface area contributed by atoms with Crippen LogP contribution in [0.15, 0.2) is 18.2 Å². The van der Waals surface area contributed by atoms with Gasteiger partial charge in [-0.05, 0) is 57.3 Å². The molecule has 1 aliphatic heterocycles. The summed E-state index contributed by atoms with van der Waals surface area (Å²) in [5.41, 5.74) is 9.99. The molecule has 2 unspecified atom stereocenters. The van der Waals surface area contributed by atoms with Gasteiger partial charge in [-0.1, -0.05) is 23.8 Å². The van der Waals surface area contributed by atoms with Crippen LogP contribution in [0.4, 0.5) is 0 Å². The standard InChI is InChI=1S/C15H24N2/c1-11-4-5-12(2)15(8-11)13(3)17-7-6-14(9-16)10-17/h4-5,8,13-14H,6-7,9-10,16H2,1-3H3. The molecule has 0 aliphatic carbocycles. The molecule has 17 heavy (non-hydrogen) atoms. The first kappa shape index (κ1) is 12.6. The maximum atomic E-state index is 5.76. The second kappa shape index (κ2) is 5.19. The van der Waals surface area contributed by atoms with Crippen molar-refractivity contribution in [2.24, 2.45) is 11.7 Å². The summed E-state index contributed by atoms with van der Waals surface area (Å²) < 4.78 is 0. The number of hydrogen-bond donors (Lipinski definition) is 1. The highest BCUT2D eigenvalue weighted by Crippen LogP contribution is 2.29. The van der Waals surface area contributed by atoms with Gasteiger partial charge in [0.1, 0.15) is 0 Å². The van der Waals surface area contributed by atoms with Gasteiger partial charge in [0.25, 0.3) is 0 Å². The van der Waals surface area contributed by atoms with E-state index in [1.54, 1.807) is 0 Å². The molecule has 2 atom stereocenters. The molecule has 1 fully saturated rings. The van der Waals surface area contributed by atoms with Gasteiger partial charge in [-0.2, -0.15) is 0 Å². The minimum Gasteiger partial charge on any atom is -0.330 e. The Labute approximate surface area is 105 Å². The second-order valence-electron chi connectivity index (χ2n) is 5.42. The van der Waals surface area contributed by atoms with Crippen LogP contribution in [0.1, 0.15) is 36.1 Å². The van der Waals surface area contributed by atoms with Crippen molar-refractivity contribution in [3.63, 3.8) is 0 Å². The lowest BCUT2D eigenvalue weighted by atomic mass is 9.99. The third-order valence-electron chi connectivity index (χ3n) is 4.08. The Hall–Kier alpha value is -0.860. The van der Waals surface area contributed by atoms with Crippen LogP contribution in [-0.4, -0.2) is 24.5 Å². The summed E-state index contributed by atoms with van der Waals surface area (Å²) >= 11 is 0. The van der Waals surface area contributed by atoms with E-state index in [2.05, 4.69) is 43.9 Å². The molecule has 2 nitrogen and oxygen atoms in total. The molecule has 0 saturated carbocycles. The van der Waals surface area contributed by atoms with Crippen molar-refractivity contribution in [2.45, 2.75) is 33.2 Å². The molecule has 0 radical (unpaired) electrons. The zero-order valence-corrected chi connectivity index (χ0v) is 11.2. The molecule has 0 aromatic heterocycles. The number of nitrogens with two attached hydrogens (primary N) is 1. The number of aryl methyl sites for hydroxylation is 2. The Kier molecular flexibility index (Phi) is 3.85. The predicted molar refractivity (Wildman–Crippen MR) is 73.1 cm³/mol. The maximum absolute atomic E-state index is 5.76. The van der Waals surface area contributed by atoms with Crippen molar-refractivity contribution in [3.8, 4) is 0 Å². The maximum Gasteiger partial charge on any atom is 0.0322 e. The van der Waals surface area contributed by atoms with Crippen molar-refractivity contribution in [1.82, 2.24) is 4.90 Å². The Morgan fingerprint density at radius 2 is 2.18 bits per heavy atom. The van der Waals surface area contributed by atoms with Crippen LogP contribution in [0.5, 0.6) is 0 Å². The van der Waals surface area contributed by atoms with Gasteiger partial charge in [0.05, 0.1) is 0 Å². The number of benzene rings is 1. The average Bonchev–Trinajstić information content (AvgIpc) is 2.80. The lowest BCUT2D eigenvalue weighted by Gasteiger charge is -2.26. The van der Waals surface area contributed by atoms with Gasteiger partial charge in [0.15, 0.2) is 0 Å². The zero-order chi connectivity index (χ0) is 12.4. The van der Waals surface area contributed by atoms with Crippen LogP contribution in [0.25, 0.3) is 0 Å². The number of nitrogens with zero attached hydrogens (tertiary/aromatic N) is 1. The molecule has 2 heteroatoms. The molecule has 2 rings (SSSR count). The van der Waals surface area contributed by atoms with Crippen LogP contribution >= 0.6 is 0 Å². The summed E-state index contributed by atoms with van der Waals surface area (Å²) in [5, 5.41) is 0. The molecule has 94 valence electrons. The monoisotopic (exact) mass is 232 g/mol. The zero-order valence-electron chi connectivity index (χ0n) is 11.2. The quantitative estimate of drug-likeness (QED) is 0.868. The van der Waals surface area contributed by atoms with E-state index >= 15 is 0 Å². The van der Waals surface area contributed by atoms with Gasteiger partial charge < -0.3 is 5.73 Å². The van der Waals surface area contributed by atoms with Crippen LogP contribution in [0.2, 0.25) is 0 Å². The minimum absolute atomic E-state index is 0.520. The Morgan fingerprint density at radius 1 is 1.41 bits per heavy atom. The van der Waals surface area contributed by atoms with E-state index in [1.807, 2.05) is 0 Å². The lowest BCUT2D eigenvalue weighted by Crippen LogP contribution is -2.26. The van der Waals surface area contributed by atoms with Crippen LogP contribution in [-0.2, 0) is 0 Å². The van der Waals surface area contributed by atoms with E-state index in [0.29, 0.717) is 12.0 Å². The molecule has 0 spiro atoms. The second-order valence-corrected chi connectivity index (χ2v) is 5.42. The van der Waals surface area contributed by atoms with Crippen molar-refractivity contribution in [3.05, 3.63) is 34.9 Å². The largest absolute Gasteiger partial charge is 0.330 e. The van der Waals surface area contributed by atoms with Gasteiger partial charge in [-0.25, -0.2) is 0 Å². The van der Waals surface area contributed by atoms with Crippen LogP contribution < -0.4 is 5.73 Å². The fraction of sp³-hybridized carbons (Fsp3) is 0.600. The van der Waals surface area contributed by atoms with E-state index in [4.69, 9.17) is 5.73 Å².